The Balaban J connectivity index is 1.95. The molecule has 1 heterocycles. The van der Waals surface area contributed by atoms with Gasteiger partial charge in [0.2, 0.25) is 0 Å². The number of aliphatic hydroxyl groups is 1. The summed E-state index contributed by atoms with van der Waals surface area (Å²) in [6.07, 6.45) is -1.14. The lowest BCUT2D eigenvalue weighted by Crippen LogP contribution is -2.14. The van der Waals surface area contributed by atoms with Crippen LogP contribution in [0, 0.1) is 13.8 Å². The Labute approximate surface area is 153 Å². The molecule has 3 aromatic rings. The van der Waals surface area contributed by atoms with E-state index in [0.29, 0.717) is 5.69 Å². The van der Waals surface area contributed by atoms with E-state index in [9.17, 15) is 9.90 Å². The van der Waals surface area contributed by atoms with Crippen molar-refractivity contribution in [3.63, 3.8) is 0 Å². The lowest BCUT2D eigenvalue weighted by Gasteiger charge is -2.19. The number of aliphatic hydroxyl groups excluding tert-OH is 1. The largest absolute Gasteiger partial charge is 0.448 e. The molecule has 0 radical (unpaired) electrons. The van der Waals surface area contributed by atoms with Gasteiger partial charge in [-0.15, -0.1) is 0 Å². The molecule has 26 heavy (non-hydrogen) atoms. The molecule has 134 valence electrons. The van der Waals surface area contributed by atoms with Crippen LogP contribution in [0.5, 0.6) is 0 Å². The van der Waals surface area contributed by atoms with Crippen molar-refractivity contribution in [3.05, 3.63) is 94.3 Å². The Morgan fingerprint density at radius 2 is 1.46 bits per heavy atom. The Morgan fingerprint density at radius 1 is 0.962 bits per heavy atom. The highest BCUT2D eigenvalue weighted by molar-refractivity contribution is 5.90. The number of carbonyl (C=O) groups excluding carboxylic acids is 1. The zero-order chi connectivity index (χ0) is 18.7. The molecular formula is C22H23NO3. The molecule has 0 amide bonds. The summed E-state index contributed by atoms with van der Waals surface area (Å²) in [5.74, 6) is -0.435. The molecular weight excluding hydrogens is 326 g/mol. The van der Waals surface area contributed by atoms with E-state index in [1.54, 1.807) is 6.92 Å². The van der Waals surface area contributed by atoms with Crippen molar-refractivity contribution in [2.45, 2.75) is 33.0 Å². The summed E-state index contributed by atoms with van der Waals surface area (Å²) >= 11 is 0. The molecule has 0 bridgehead atoms. The fraction of sp³-hybridized carbons (Fsp3) is 0.227. The minimum atomic E-state index is -0.646. The molecule has 1 aromatic heterocycles. The third-order valence-electron chi connectivity index (χ3n) is 4.55. The number of ether oxygens (including phenoxy) is 1. The van der Waals surface area contributed by atoms with E-state index in [4.69, 9.17) is 4.74 Å². The smallest absolute Gasteiger partial charge is 0.355 e. The van der Waals surface area contributed by atoms with Crippen LogP contribution in [0.25, 0.3) is 0 Å². The molecule has 1 atom stereocenters. The van der Waals surface area contributed by atoms with Gasteiger partial charge >= 0.3 is 5.97 Å². The Kier molecular flexibility index (Phi) is 5.24. The van der Waals surface area contributed by atoms with E-state index in [2.05, 4.69) is 4.98 Å². The van der Waals surface area contributed by atoms with Gasteiger partial charge in [-0.1, -0.05) is 60.7 Å². The first-order valence-corrected chi connectivity index (χ1v) is 8.67. The molecule has 2 aromatic carbocycles. The lowest BCUT2D eigenvalue weighted by atomic mass is 10.0. The van der Waals surface area contributed by atoms with Crippen LogP contribution >= 0.6 is 0 Å². The Bertz CT molecular complexity index is 843. The van der Waals surface area contributed by atoms with Gasteiger partial charge < -0.3 is 14.8 Å². The van der Waals surface area contributed by atoms with Crippen molar-refractivity contribution in [1.82, 2.24) is 4.98 Å². The SMILES string of the molecule is Cc1[nH]c(C(=O)OC(c2ccccc2)c2ccccc2)c(C)c1[C@@H](C)O. The average molecular weight is 349 g/mol. The van der Waals surface area contributed by atoms with Crippen LogP contribution in [0.3, 0.4) is 0 Å². The predicted octanol–water partition coefficient (Wildman–Crippen LogP) is 4.63. The minimum absolute atomic E-state index is 0.385. The van der Waals surface area contributed by atoms with Gasteiger partial charge in [0.05, 0.1) is 6.10 Å². The number of hydrogen-bond donors (Lipinski definition) is 2. The molecule has 2 N–H and O–H groups in total. The maximum atomic E-state index is 12.9. The van der Waals surface area contributed by atoms with Crippen LogP contribution in [0.4, 0.5) is 0 Å². The summed E-state index contributed by atoms with van der Waals surface area (Å²) in [6.45, 7) is 5.36. The molecule has 0 saturated carbocycles. The molecule has 0 spiro atoms. The zero-order valence-electron chi connectivity index (χ0n) is 15.2. The fourth-order valence-corrected chi connectivity index (χ4v) is 3.35. The molecule has 4 nitrogen and oxygen atoms in total. The monoisotopic (exact) mass is 349 g/mol. The lowest BCUT2D eigenvalue weighted by molar-refractivity contribution is 0.0370. The van der Waals surface area contributed by atoms with Gasteiger partial charge in [0.1, 0.15) is 5.69 Å². The van der Waals surface area contributed by atoms with Crippen LogP contribution in [0.15, 0.2) is 60.7 Å². The normalized spacial score (nSPS) is 12.2. The summed E-state index contributed by atoms with van der Waals surface area (Å²) in [5.41, 5.74) is 4.44. The van der Waals surface area contributed by atoms with E-state index in [1.165, 1.54) is 0 Å². The van der Waals surface area contributed by atoms with Crippen LogP contribution in [0.1, 0.15) is 57.6 Å². The third kappa shape index (κ3) is 3.55. The summed E-state index contributed by atoms with van der Waals surface area (Å²) in [6, 6.07) is 19.3. The predicted molar refractivity (Wildman–Crippen MR) is 101 cm³/mol. The van der Waals surface area contributed by atoms with E-state index >= 15 is 0 Å². The highest BCUT2D eigenvalue weighted by Gasteiger charge is 2.25. The first-order valence-electron chi connectivity index (χ1n) is 8.67. The van der Waals surface area contributed by atoms with Gasteiger partial charge in [-0.05, 0) is 37.5 Å². The highest BCUT2D eigenvalue weighted by Crippen LogP contribution is 2.29. The van der Waals surface area contributed by atoms with Gasteiger partial charge in [0.25, 0.3) is 0 Å². The van der Waals surface area contributed by atoms with Crippen molar-refractivity contribution in [2.75, 3.05) is 0 Å². The van der Waals surface area contributed by atoms with Crippen LogP contribution in [-0.2, 0) is 4.74 Å². The number of aryl methyl sites for hydroxylation is 1. The molecule has 0 aliphatic rings. The number of benzene rings is 2. The number of H-pyrrole nitrogens is 1. The van der Waals surface area contributed by atoms with Crippen molar-refractivity contribution >= 4 is 5.97 Å². The first kappa shape index (κ1) is 18.0. The maximum absolute atomic E-state index is 12.9. The Morgan fingerprint density at radius 3 is 1.88 bits per heavy atom. The average Bonchev–Trinajstić information content (AvgIpc) is 2.95. The maximum Gasteiger partial charge on any atom is 0.355 e. The molecule has 0 fully saturated rings. The van der Waals surface area contributed by atoms with Crippen LogP contribution in [0.2, 0.25) is 0 Å². The Hall–Kier alpha value is -2.85. The highest BCUT2D eigenvalue weighted by atomic mass is 16.5. The number of aromatic nitrogens is 1. The zero-order valence-corrected chi connectivity index (χ0v) is 15.2. The standard InChI is InChI=1S/C22H23NO3/c1-14-19(16(3)24)15(2)23-20(14)22(25)26-21(17-10-6-4-7-11-17)18-12-8-5-9-13-18/h4-13,16,21,23-24H,1-3H3/t16-/m1/s1. The molecule has 0 aliphatic heterocycles. The van der Waals surface area contributed by atoms with Gasteiger partial charge in [-0.3, -0.25) is 0 Å². The topological polar surface area (TPSA) is 62.3 Å². The van der Waals surface area contributed by atoms with Crippen molar-refractivity contribution in [2.24, 2.45) is 0 Å². The molecule has 0 unspecified atom stereocenters. The van der Waals surface area contributed by atoms with Gasteiger partial charge in [-0.2, -0.15) is 0 Å². The van der Waals surface area contributed by atoms with Crippen LogP contribution < -0.4 is 0 Å². The quantitative estimate of drug-likeness (QED) is 0.660. The summed E-state index contributed by atoms with van der Waals surface area (Å²) < 4.78 is 5.89. The number of carbonyl (C=O) groups is 1. The number of nitrogens with one attached hydrogen (secondary N) is 1. The molecule has 4 heteroatoms. The van der Waals surface area contributed by atoms with Gasteiger partial charge in [0, 0.05) is 11.3 Å². The first-order chi connectivity index (χ1) is 12.5. The number of hydrogen-bond acceptors (Lipinski definition) is 3. The van der Waals surface area contributed by atoms with Crippen LogP contribution in [-0.4, -0.2) is 16.1 Å². The molecule has 0 aliphatic carbocycles. The second-order valence-electron chi connectivity index (χ2n) is 6.45. The number of aromatic amines is 1. The third-order valence-corrected chi connectivity index (χ3v) is 4.55. The minimum Gasteiger partial charge on any atom is -0.448 e. The second kappa shape index (κ2) is 7.58. The van der Waals surface area contributed by atoms with Gasteiger partial charge in [0.15, 0.2) is 6.10 Å². The van der Waals surface area contributed by atoms with E-state index in [1.807, 2.05) is 74.5 Å². The van der Waals surface area contributed by atoms with E-state index in [0.717, 1.165) is 27.9 Å². The summed E-state index contributed by atoms with van der Waals surface area (Å²) in [5, 5.41) is 9.95. The van der Waals surface area contributed by atoms with Crippen molar-refractivity contribution < 1.29 is 14.6 Å². The van der Waals surface area contributed by atoms with E-state index in [-0.39, 0.29) is 0 Å². The van der Waals surface area contributed by atoms with Crippen molar-refractivity contribution in [3.8, 4) is 0 Å². The van der Waals surface area contributed by atoms with Gasteiger partial charge in [-0.25, -0.2) is 4.79 Å². The second-order valence-corrected chi connectivity index (χ2v) is 6.45. The fourth-order valence-electron chi connectivity index (χ4n) is 3.35. The summed E-state index contributed by atoms with van der Waals surface area (Å²) in [4.78, 5) is 15.9. The number of rotatable bonds is 5. The van der Waals surface area contributed by atoms with E-state index < -0.39 is 18.2 Å². The summed E-state index contributed by atoms with van der Waals surface area (Å²) in [7, 11) is 0. The molecule has 3 rings (SSSR count). The van der Waals surface area contributed by atoms with Crippen molar-refractivity contribution in [1.29, 1.82) is 0 Å². The molecule has 0 saturated heterocycles. The number of esters is 1.